The van der Waals surface area contributed by atoms with Crippen LogP contribution in [0.4, 0.5) is 10.1 Å². The summed E-state index contributed by atoms with van der Waals surface area (Å²) in [5.74, 6) is 1.14. The molecule has 2 atom stereocenters. The van der Waals surface area contributed by atoms with Crippen molar-refractivity contribution < 1.29 is 4.39 Å². The first-order valence-electron chi connectivity index (χ1n) is 8.14. The van der Waals surface area contributed by atoms with Crippen LogP contribution in [0.15, 0.2) is 18.2 Å². The average Bonchev–Trinajstić information content (AvgIpc) is 2.41. The molecule has 1 aliphatic rings. The second-order valence-corrected chi connectivity index (χ2v) is 7.13. The Labute approximate surface area is 128 Å². The van der Waals surface area contributed by atoms with Gasteiger partial charge in [0.25, 0.3) is 0 Å². The Morgan fingerprint density at radius 3 is 2.57 bits per heavy atom. The fraction of sp³-hybridized carbons (Fsp3) is 0.667. The molecule has 1 aliphatic heterocycles. The number of piperazine rings is 1. The lowest BCUT2D eigenvalue weighted by Crippen LogP contribution is -2.58. The summed E-state index contributed by atoms with van der Waals surface area (Å²) in [6.07, 6.45) is 1.18. The summed E-state index contributed by atoms with van der Waals surface area (Å²) in [5, 5.41) is 3.69. The van der Waals surface area contributed by atoms with Crippen LogP contribution in [0.1, 0.15) is 39.7 Å². The van der Waals surface area contributed by atoms with Crippen molar-refractivity contribution in [1.29, 1.82) is 0 Å². The van der Waals surface area contributed by atoms with Crippen molar-refractivity contribution in [2.45, 2.75) is 53.1 Å². The Hall–Kier alpha value is -1.09. The summed E-state index contributed by atoms with van der Waals surface area (Å²) in [5.41, 5.74) is 1.89. The van der Waals surface area contributed by atoms with E-state index in [9.17, 15) is 4.39 Å². The summed E-state index contributed by atoms with van der Waals surface area (Å²) in [6.45, 7) is 12.9. The zero-order valence-electron chi connectivity index (χ0n) is 14.0. The van der Waals surface area contributed by atoms with Crippen LogP contribution in [0.2, 0.25) is 0 Å². The molecule has 1 N–H and O–H groups in total. The van der Waals surface area contributed by atoms with Gasteiger partial charge in [-0.2, -0.15) is 0 Å². The van der Waals surface area contributed by atoms with E-state index in [-0.39, 0.29) is 5.82 Å². The normalized spacial score (nSPS) is 23.1. The van der Waals surface area contributed by atoms with Crippen molar-refractivity contribution in [1.82, 2.24) is 5.32 Å². The highest BCUT2D eigenvalue weighted by atomic mass is 19.1. The third-order valence-corrected chi connectivity index (χ3v) is 4.43. The monoisotopic (exact) mass is 292 g/mol. The van der Waals surface area contributed by atoms with E-state index in [1.54, 1.807) is 6.07 Å². The smallest absolute Gasteiger partial charge is 0.126 e. The minimum Gasteiger partial charge on any atom is -0.365 e. The van der Waals surface area contributed by atoms with E-state index in [1.165, 1.54) is 6.42 Å². The van der Waals surface area contributed by atoms with E-state index < -0.39 is 0 Å². The predicted octanol–water partition coefficient (Wildman–Crippen LogP) is 3.98. The number of anilines is 1. The van der Waals surface area contributed by atoms with E-state index in [0.717, 1.165) is 24.3 Å². The summed E-state index contributed by atoms with van der Waals surface area (Å²) < 4.78 is 13.5. The number of hydrogen-bond acceptors (Lipinski definition) is 2. The molecule has 3 heteroatoms. The lowest BCUT2D eigenvalue weighted by Gasteiger charge is -2.44. The zero-order valence-corrected chi connectivity index (χ0v) is 14.0. The molecule has 1 saturated heterocycles. The van der Waals surface area contributed by atoms with Crippen LogP contribution >= 0.6 is 0 Å². The SMILES string of the molecule is Cc1cc(N2CC(CC(C)C)NCC2C(C)C)ccc1F. The molecule has 1 fully saturated rings. The highest BCUT2D eigenvalue weighted by Gasteiger charge is 2.30. The summed E-state index contributed by atoms with van der Waals surface area (Å²) in [6, 6.07) is 6.50. The first kappa shape index (κ1) is 16.3. The summed E-state index contributed by atoms with van der Waals surface area (Å²) in [7, 11) is 0. The fourth-order valence-corrected chi connectivity index (χ4v) is 3.26. The van der Waals surface area contributed by atoms with Crippen LogP contribution in [0.3, 0.4) is 0 Å². The van der Waals surface area contributed by atoms with Gasteiger partial charge in [0.15, 0.2) is 0 Å². The molecule has 0 amide bonds. The molecule has 0 radical (unpaired) electrons. The molecule has 1 aromatic carbocycles. The minimum atomic E-state index is -0.117. The number of halogens is 1. The molecule has 0 bridgehead atoms. The second-order valence-electron chi connectivity index (χ2n) is 7.13. The minimum absolute atomic E-state index is 0.117. The van der Waals surface area contributed by atoms with Gasteiger partial charge in [-0.1, -0.05) is 27.7 Å². The summed E-state index contributed by atoms with van der Waals surface area (Å²) in [4.78, 5) is 2.47. The highest BCUT2D eigenvalue weighted by Crippen LogP contribution is 2.26. The van der Waals surface area contributed by atoms with Gasteiger partial charge in [0.05, 0.1) is 0 Å². The van der Waals surface area contributed by atoms with E-state index in [2.05, 4.69) is 37.9 Å². The van der Waals surface area contributed by atoms with Crippen molar-refractivity contribution in [3.63, 3.8) is 0 Å². The Morgan fingerprint density at radius 1 is 1.29 bits per heavy atom. The largest absolute Gasteiger partial charge is 0.365 e. The number of hydrogen-bond donors (Lipinski definition) is 1. The number of benzene rings is 1. The lowest BCUT2D eigenvalue weighted by molar-refractivity contribution is 0.310. The predicted molar refractivity (Wildman–Crippen MR) is 88.4 cm³/mol. The molecule has 2 unspecified atom stereocenters. The molecule has 0 spiro atoms. The number of aryl methyl sites for hydroxylation is 1. The van der Waals surface area contributed by atoms with Crippen LogP contribution in [-0.4, -0.2) is 25.2 Å². The van der Waals surface area contributed by atoms with E-state index in [1.807, 2.05) is 19.1 Å². The van der Waals surface area contributed by atoms with Gasteiger partial charge in [0, 0.05) is 30.9 Å². The second kappa shape index (κ2) is 6.78. The molecule has 2 rings (SSSR count). The molecule has 0 saturated carbocycles. The molecule has 0 aliphatic carbocycles. The fourth-order valence-electron chi connectivity index (χ4n) is 3.26. The number of nitrogens with one attached hydrogen (secondary N) is 1. The van der Waals surface area contributed by atoms with E-state index in [0.29, 0.717) is 23.9 Å². The lowest BCUT2D eigenvalue weighted by atomic mass is 9.94. The maximum absolute atomic E-state index is 13.5. The van der Waals surface area contributed by atoms with Gasteiger partial charge in [-0.25, -0.2) is 4.39 Å². The van der Waals surface area contributed by atoms with Crippen LogP contribution < -0.4 is 10.2 Å². The van der Waals surface area contributed by atoms with Crippen LogP contribution in [0.5, 0.6) is 0 Å². The van der Waals surface area contributed by atoms with Crippen molar-refractivity contribution in [3.05, 3.63) is 29.6 Å². The zero-order chi connectivity index (χ0) is 15.6. The number of rotatable bonds is 4. The van der Waals surface area contributed by atoms with E-state index >= 15 is 0 Å². The van der Waals surface area contributed by atoms with Gasteiger partial charge < -0.3 is 10.2 Å². The van der Waals surface area contributed by atoms with Crippen molar-refractivity contribution in [3.8, 4) is 0 Å². The van der Waals surface area contributed by atoms with Gasteiger partial charge in [0.2, 0.25) is 0 Å². The van der Waals surface area contributed by atoms with Gasteiger partial charge in [0.1, 0.15) is 5.82 Å². The molecule has 118 valence electrons. The Kier molecular flexibility index (Phi) is 5.26. The van der Waals surface area contributed by atoms with Gasteiger partial charge >= 0.3 is 0 Å². The van der Waals surface area contributed by atoms with Crippen LogP contribution in [0.25, 0.3) is 0 Å². The van der Waals surface area contributed by atoms with Gasteiger partial charge in [-0.3, -0.25) is 0 Å². The van der Waals surface area contributed by atoms with Crippen molar-refractivity contribution in [2.24, 2.45) is 11.8 Å². The molecule has 1 heterocycles. The van der Waals surface area contributed by atoms with Crippen molar-refractivity contribution >= 4 is 5.69 Å². The molecule has 0 aromatic heterocycles. The Morgan fingerprint density at radius 2 is 2.00 bits per heavy atom. The number of nitrogens with zero attached hydrogens (tertiary/aromatic N) is 1. The van der Waals surface area contributed by atoms with Gasteiger partial charge in [-0.15, -0.1) is 0 Å². The topological polar surface area (TPSA) is 15.3 Å². The third-order valence-electron chi connectivity index (χ3n) is 4.43. The average molecular weight is 292 g/mol. The van der Waals surface area contributed by atoms with Crippen LogP contribution in [0, 0.1) is 24.6 Å². The quantitative estimate of drug-likeness (QED) is 0.903. The molecule has 21 heavy (non-hydrogen) atoms. The van der Waals surface area contributed by atoms with Crippen molar-refractivity contribution in [2.75, 3.05) is 18.0 Å². The first-order chi connectivity index (χ1) is 9.88. The summed E-state index contributed by atoms with van der Waals surface area (Å²) >= 11 is 0. The standard InChI is InChI=1S/C18H29FN2/c1-12(2)8-15-11-21(18(10-20-15)13(3)4)16-6-7-17(19)14(5)9-16/h6-7,9,12-13,15,18,20H,8,10-11H2,1-5H3. The maximum Gasteiger partial charge on any atom is 0.126 e. The third kappa shape index (κ3) is 3.97. The first-order valence-corrected chi connectivity index (χ1v) is 8.14. The molecule has 2 nitrogen and oxygen atoms in total. The van der Waals surface area contributed by atoms with E-state index in [4.69, 9.17) is 0 Å². The van der Waals surface area contributed by atoms with Gasteiger partial charge in [-0.05, 0) is 48.9 Å². The highest BCUT2D eigenvalue weighted by molar-refractivity contribution is 5.50. The Balaban J connectivity index is 2.22. The maximum atomic E-state index is 13.5. The Bertz CT molecular complexity index is 470. The molecular formula is C18H29FN2. The molecule has 1 aromatic rings. The van der Waals surface area contributed by atoms with Crippen LogP contribution in [-0.2, 0) is 0 Å². The molecular weight excluding hydrogens is 263 g/mol.